The minimum Gasteiger partial charge on any atom is -0.354 e. The number of rotatable bonds is 5. The third-order valence-corrected chi connectivity index (χ3v) is 5.87. The number of carbonyl (C=O) groups is 1. The van der Waals surface area contributed by atoms with E-state index in [9.17, 15) is 4.79 Å². The largest absolute Gasteiger partial charge is 0.354 e. The number of nitrogens with zero attached hydrogens (tertiary/aromatic N) is 2. The van der Waals surface area contributed by atoms with Crippen LogP contribution in [-0.4, -0.2) is 42.2 Å². The van der Waals surface area contributed by atoms with E-state index in [-0.39, 0.29) is 10.8 Å². The number of nitrogens with one attached hydrogen (secondary N) is 2. The van der Waals surface area contributed by atoms with Crippen LogP contribution >= 0.6 is 23.1 Å². The van der Waals surface area contributed by atoms with Gasteiger partial charge in [0.1, 0.15) is 0 Å². The van der Waals surface area contributed by atoms with E-state index >= 15 is 0 Å². The molecule has 5 nitrogen and oxygen atoms in total. The third-order valence-electron chi connectivity index (χ3n) is 3.28. The standard InChI is InChI=1S/C13H22N4OS2/c1-13(5-4-6-20-13)9-15-11(18)14-7-10-8-19-12(16-10)17(2)3/h8H,4-7,9H2,1-3H3,(H2,14,15,18)/t13-/m1/s1. The molecule has 1 aliphatic heterocycles. The summed E-state index contributed by atoms with van der Waals surface area (Å²) in [6.45, 7) is 3.41. The number of anilines is 1. The minimum absolute atomic E-state index is 0.113. The zero-order valence-electron chi connectivity index (χ0n) is 12.2. The second-order valence-electron chi connectivity index (χ2n) is 5.45. The Hall–Kier alpha value is -0.950. The Morgan fingerprint density at radius 2 is 2.30 bits per heavy atom. The smallest absolute Gasteiger partial charge is 0.315 e. The molecule has 1 fully saturated rings. The van der Waals surface area contributed by atoms with Crippen molar-refractivity contribution in [1.82, 2.24) is 15.6 Å². The molecule has 0 aliphatic carbocycles. The fourth-order valence-electron chi connectivity index (χ4n) is 2.06. The zero-order chi connectivity index (χ0) is 14.6. The van der Waals surface area contributed by atoms with Gasteiger partial charge < -0.3 is 15.5 Å². The van der Waals surface area contributed by atoms with Gasteiger partial charge in [0.15, 0.2) is 5.13 Å². The lowest BCUT2D eigenvalue weighted by molar-refractivity contribution is 0.239. The lowest BCUT2D eigenvalue weighted by Crippen LogP contribution is -2.42. The fourth-order valence-corrected chi connectivity index (χ4v) is 4.06. The molecule has 0 saturated carbocycles. The highest BCUT2D eigenvalue weighted by Gasteiger charge is 2.29. The maximum atomic E-state index is 11.8. The molecule has 2 rings (SSSR count). The van der Waals surface area contributed by atoms with Crippen molar-refractivity contribution >= 4 is 34.3 Å². The van der Waals surface area contributed by atoms with Crippen molar-refractivity contribution in [2.24, 2.45) is 0 Å². The predicted octanol–water partition coefficient (Wildman–Crippen LogP) is 2.29. The number of thioether (sulfide) groups is 1. The highest BCUT2D eigenvalue weighted by molar-refractivity contribution is 8.00. The number of hydrogen-bond donors (Lipinski definition) is 2. The van der Waals surface area contributed by atoms with Gasteiger partial charge in [-0.15, -0.1) is 11.3 Å². The Kier molecular flexibility index (Phi) is 5.15. The van der Waals surface area contributed by atoms with E-state index in [1.54, 1.807) is 11.3 Å². The molecule has 20 heavy (non-hydrogen) atoms. The van der Waals surface area contributed by atoms with Crippen LogP contribution in [0.15, 0.2) is 5.38 Å². The van der Waals surface area contributed by atoms with Gasteiger partial charge in [-0.1, -0.05) is 0 Å². The molecule has 2 N–H and O–H groups in total. The Balaban J connectivity index is 1.71. The van der Waals surface area contributed by atoms with E-state index in [1.165, 1.54) is 18.6 Å². The maximum absolute atomic E-state index is 11.8. The maximum Gasteiger partial charge on any atom is 0.315 e. The summed E-state index contributed by atoms with van der Waals surface area (Å²) in [5, 5.41) is 8.75. The topological polar surface area (TPSA) is 57.3 Å². The number of aromatic nitrogens is 1. The first-order valence-electron chi connectivity index (χ1n) is 6.76. The van der Waals surface area contributed by atoms with Gasteiger partial charge in [-0.3, -0.25) is 0 Å². The molecule has 0 aromatic carbocycles. The Labute approximate surface area is 128 Å². The minimum atomic E-state index is -0.113. The van der Waals surface area contributed by atoms with Gasteiger partial charge in [0.05, 0.1) is 12.2 Å². The van der Waals surface area contributed by atoms with Crippen molar-refractivity contribution in [3.8, 4) is 0 Å². The van der Waals surface area contributed by atoms with Gasteiger partial charge in [0.25, 0.3) is 0 Å². The first kappa shape index (κ1) is 15.4. The van der Waals surface area contributed by atoms with Crippen LogP contribution in [-0.2, 0) is 6.54 Å². The van der Waals surface area contributed by atoms with Crippen LogP contribution in [0.4, 0.5) is 9.93 Å². The molecular weight excluding hydrogens is 292 g/mol. The number of amides is 2. The lowest BCUT2D eigenvalue weighted by atomic mass is 10.1. The first-order chi connectivity index (χ1) is 9.48. The average molecular weight is 314 g/mol. The van der Waals surface area contributed by atoms with Gasteiger partial charge in [-0.2, -0.15) is 11.8 Å². The number of hydrogen-bond acceptors (Lipinski definition) is 5. The summed E-state index contributed by atoms with van der Waals surface area (Å²) in [5.41, 5.74) is 0.898. The van der Waals surface area contributed by atoms with Gasteiger partial charge >= 0.3 is 6.03 Å². The molecular formula is C13H22N4OS2. The molecule has 1 aromatic rings. The van der Waals surface area contributed by atoms with E-state index in [2.05, 4.69) is 22.5 Å². The zero-order valence-corrected chi connectivity index (χ0v) is 13.9. The molecule has 1 aromatic heterocycles. The SMILES string of the molecule is CN(C)c1nc(CNC(=O)NC[C@@]2(C)CCCS2)cs1. The normalized spacial score (nSPS) is 21.8. The summed E-state index contributed by atoms with van der Waals surface area (Å²) in [6, 6.07) is -0.113. The van der Waals surface area contributed by atoms with E-state index < -0.39 is 0 Å². The van der Waals surface area contributed by atoms with Crippen LogP contribution in [0.3, 0.4) is 0 Å². The van der Waals surface area contributed by atoms with E-state index in [1.807, 2.05) is 36.1 Å². The van der Waals surface area contributed by atoms with Crippen LogP contribution in [0.1, 0.15) is 25.5 Å². The highest BCUT2D eigenvalue weighted by Crippen LogP contribution is 2.36. The second kappa shape index (κ2) is 6.67. The molecule has 0 spiro atoms. The average Bonchev–Trinajstić information content (AvgIpc) is 3.03. The van der Waals surface area contributed by atoms with Crippen molar-refractivity contribution in [2.75, 3.05) is 31.3 Å². The van der Waals surface area contributed by atoms with Crippen LogP contribution in [0.2, 0.25) is 0 Å². The predicted molar refractivity (Wildman–Crippen MR) is 86.8 cm³/mol. The van der Waals surface area contributed by atoms with Gasteiger partial charge in [0.2, 0.25) is 0 Å². The third kappa shape index (κ3) is 4.28. The Bertz CT molecular complexity index is 455. The van der Waals surface area contributed by atoms with Crippen LogP contribution in [0, 0.1) is 0 Å². The van der Waals surface area contributed by atoms with E-state index in [0.29, 0.717) is 6.54 Å². The molecule has 1 aliphatic rings. The molecule has 7 heteroatoms. The monoisotopic (exact) mass is 314 g/mol. The molecule has 1 atom stereocenters. The van der Waals surface area contributed by atoms with Gasteiger partial charge in [-0.05, 0) is 25.5 Å². The van der Waals surface area contributed by atoms with Crippen molar-refractivity contribution in [3.63, 3.8) is 0 Å². The number of carbonyl (C=O) groups excluding carboxylic acids is 1. The fraction of sp³-hybridized carbons (Fsp3) is 0.692. The van der Waals surface area contributed by atoms with Crippen molar-refractivity contribution in [3.05, 3.63) is 11.1 Å². The molecule has 2 heterocycles. The second-order valence-corrected chi connectivity index (χ2v) is 7.97. The number of thiazole rings is 1. The summed E-state index contributed by atoms with van der Waals surface area (Å²) in [6.07, 6.45) is 2.42. The van der Waals surface area contributed by atoms with Gasteiger partial charge in [-0.25, -0.2) is 9.78 Å². The van der Waals surface area contributed by atoms with E-state index in [4.69, 9.17) is 0 Å². The Morgan fingerprint density at radius 1 is 1.50 bits per heavy atom. The summed E-state index contributed by atoms with van der Waals surface area (Å²) in [7, 11) is 3.92. The Morgan fingerprint density at radius 3 is 2.90 bits per heavy atom. The summed E-state index contributed by atoms with van der Waals surface area (Å²) < 4.78 is 0.204. The molecule has 0 unspecified atom stereocenters. The van der Waals surface area contributed by atoms with Gasteiger partial charge in [0, 0.05) is 30.8 Å². The summed E-state index contributed by atoms with van der Waals surface area (Å²) in [4.78, 5) is 18.2. The number of urea groups is 1. The molecule has 1 saturated heterocycles. The molecule has 112 valence electrons. The van der Waals surface area contributed by atoms with Crippen LogP contribution in [0.5, 0.6) is 0 Å². The van der Waals surface area contributed by atoms with Crippen LogP contribution in [0.25, 0.3) is 0 Å². The molecule has 0 radical (unpaired) electrons. The summed E-state index contributed by atoms with van der Waals surface area (Å²) >= 11 is 3.53. The van der Waals surface area contributed by atoms with Crippen molar-refractivity contribution < 1.29 is 4.79 Å². The van der Waals surface area contributed by atoms with E-state index in [0.717, 1.165) is 17.4 Å². The van der Waals surface area contributed by atoms with Crippen molar-refractivity contribution in [1.29, 1.82) is 0 Å². The highest BCUT2D eigenvalue weighted by atomic mass is 32.2. The lowest BCUT2D eigenvalue weighted by Gasteiger charge is -2.22. The molecule has 0 bridgehead atoms. The summed E-state index contributed by atoms with van der Waals surface area (Å²) in [5.74, 6) is 1.20. The van der Waals surface area contributed by atoms with Crippen molar-refractivity contribution in [2.45, 2.75) is 31.1 Å². The van der Waals surface area contributed by atoms with Crippen LogP contribution < -0.4 is 15.5 Å². The first-order valence-corrected chi connectivity index (χ1v) is 8.62. The molecule has 2 amide bonds. The quantitative estimate of drug-likeness (QED) is 0.875.